The first-order valence-corrected chi connectivity index (χ1v) is 7.78. The van der Waals surface area contributed by atoms with E-state index >= 15 is 0 Å². The van der Waals surface area contributed by atoms with Gasteiger partial charge in [0.1, 0.15) is 5.78 Å². The summed E-state index contributed by atoms with van der Waals surface area (Å²) in [6.45, 7) is 6.22. The lowest BCUT2D eigenvalue weighted by atomic mass is 9.95. The number of hydrogen-bond acceptors (Lipinski definition) is 3. The molecule has 1 heterocycles. The second-order valence-electron chi connectivity index (χ2n) is 5.50. The highest BCUT2D eigenvalue weighted by molar-refractivity contribution is 5.76. The SMILES string of the molecule is CCOc1ccc(C#Cc2ccc(C(C)CC(C)=O)cc2)cn1. The average molecular weight is 307 g/mol. The van der Waals surface area contributed by atoms with Gasteiger partial charge in [-0.15, -0.1) is 0 Å². The van der Waals surface area contributed by atoms with E-state index in [1.807, 2.05) is 43.3 Å². The summed E-state index contributed by atoms with van der Waals surface area (Å²) in [5, 5.41) is 0. The molecule has 2 aromatic rings. The standard InChI is InChI=1S/C20H21NO2/c1-4-23-20-12-9-18(14-21-20)6-5-17-7-10-19(11-8-17)15(2)13-16(3)22/h7-12,14-15H,4,13H2,1-3H3. The zero-order valence-electron chi connectivity index (χ0n) is 13.8. The lowest BCUT2D eigenvalue weighted by Crippen LogP contribution is -2.00. The molecule has 3 nitrogen and oxygen atoms in total. The Morgan fingerprint density at radius 2 is 1.78 bits per heavy atom. The molecule has 0 saturated carbocycles. The van der Waals surface area contributed by atoms with Crippen molar-refractivity contribution in [1.82, 2.24) is 4.98 Å². The maximum absolute atomic E-state index is 11.2. The molecule has 0 spiro atoms. The number of aromatic nitrogens is 1. The molecule has 0 saturated heterocycles. The van der Waals surface area contributed by atoms with Gasteiger partial charge in [-0.05, 0) is 43.5 Å². The van der Waals surface area contributed by atoms with Crippen molar-refractivity contribution < 1.29 is 9.53 Å². The summed E-state index contributed by atoms with van der Waals surface area (Å²) in [5.41, 5.74) is 2.95. The number of pyridine rings is 1. The summed E-state index contributed by atoms with van der Waals surface area (Å²) >= 11 is 0. The molecule has 0 amide bonds. The molecule has 0 bridgehead atoms. The summed E-state index contributed by atoms with van der Waals surface area (Å²) < 4.78 is 5.30. The lowest BCUT2D eigenvalue weighted by molar-refractivity contribution is -0.117. The predicted octanol–water partition coefficient (Wildman–Crippen LogP) is 3.96. The normalized spacial score (nSPS) is 11.3. The Bertz CT molecular complexity index is 706. The van der Waals surface area contributed by atoms with Crippen LogP contribution in [0.4, 0.5) is 0 Å². The molecule has 118 valence electrons. The van der Waals surface area contributed by atoms with Gasteiger partial charge in [0, 0.05) is 29.8 Å². The molecular formula is C20H21NO2. The molecule has 0 aliphatic carbocycles. The number of nitrogens with zero attached hydrogens (tertiary/aromatic N) is 1. The molecule has 1 aromatic carbocycles. The molecule has 0 fully saturated rings. The predicted molar refractivity (Wildman–Crippen MR) is 91.5 cm³/mol. The summed E-state index contributed by atoms with van der Waals surface area (Å²) in [6.07, 6.45) is 2.28. The number of ketones is 1. The first kappa shape index (κ1) is 16.8. The van der Waals surface area contributed by atoms with E-state index in [0.29, 0.717) is 18.9 Å². The minimum absolute atomic E-state index is 0.212. The zero-order valence-corrected chi connectivity index (χ0v) is 13.8. The Kier molecular flexibility index (Phi) is 5.94. The number of hydrogen-bond donors (Lipinski definition) is 0. The molecule has 23 heavy (non-hydrogen) atoms. The quantitative estimate of drug-likeness (QED) is 0.785. The van der Waals surface area contributed by atoms with Crippen LogP contribution in [-0.4, -0.2) is 17.4 Å². The Labute approximate surface area is 137 Å². The van der Waals surface area contributed by atoms with Gasteiger partial charge in [-0.3, -0.25) is 0 Å². The monoisotopic (exact) mass is 307 g/mol. The zero-order chi connectivity index (χ0) is 16.7. The number of Topliss-reactive ketones (excluding diaryl/α,β-unsaturated/α-hetero) is 1. The van der Waals surface area contributed by atoms with E-state index in [4.69, 9.17) is 4.74 Å². The van der Waals surface area contributed by atoms with Crippen molar-refractivity contribution in [2.45, 2.75) is 33.1 Å². The third kappa shape index (κ3) is 5.27. The molecule has 1 aromatic heterocycles. The van der Waals surface area contributed by atoms with Crippen LogP contribution < -0.4 is 4.74 Å². The highest BCUT2D eigenvalue weighted by atomic mass is 16.5. The van der Waals surface area contributed by atoms with Crippen LogP contribution in [0.2, 0.25) is 0 Å². The van der Waals surface area contributed by atoms with Crippen molar-refractivity contribution in [1.29, 1.82) is 0 Å². The van der Waals surface area contributed by atoms with Gasteiger partial charge in [-0.1, -0.05) is 30.9 Å². The van der Waals surface area contributed by atoms with Crippen LogP contribution in [0.3, 0.4) is 0 Å². The summed E-state index contributed by atoms with van der Waals surface area (Å²) in [4.78, 5) is 15.4. The largest absolute Gasteiger partial charge is 0.478 e. The van der Waals surface area contributed by atoms with Crippen LogP contribution in [0, 0.1) is 11.8 Å². The van der Waals surface area contributed by atoms with Gasteiger partial charge in [0.05, 0.1) is 6.61 Å². The first-order valence-electron chi connectivity index (χ1n) is 7.78. The van der Waals surface area contributed by atoms with E-state index in [-0.39, 0.29) is 11.7 Å². The van der Waals surface area contributed by atoms with Crippen LogP contribution >= 0.6 is 0 Å². The van der Waals surface area contributed by atoms with E-state index in [1.165, 1.54) is 0 Å². The second-order valence-corrected chi connectivity index (χ2v) is 5.50. The van der Waals surface area contributed by atoms with E-state index < -0.39 is 0 Å². The molecule has 1 unspecified atom stereocenters. The Hall–Kier alpha value is -2.60. The van der Waals surface area contributed by atoms with Crippen molar-refractivity contribution >= 4 is 5.78 Å². The van der Waals surface area contributed by atoms with Gasteiger partial charge >= 0.3 is 0 Å². The Balaban J connectivity index is 2.05. The van der Waals surface area contributed by atoms with Gasteiger partial charge < -0.3 is 9.53 Å². The number of ether oxygens (including phenoxy) is 1. The summed E-state index contributed by atoms with van der Waals surface area (Å²) in [5.74, 6) is 7.28. The van der Waals surface area contributed by atoms with Crippen LogP contribution in [0.5, 0.6) is 5.88 Å². The third-order valence-electron chi connectivity index (χ3n) is 3.45. The fourth-order valence-electron chi connectivity index (χ4n) is 2.28. The van der Waals surface area contributed by atoms with Crippen LogP contribution in [-0.2, 0) is 4.79 Å². The van der Waals surface area contributed by atoms with E-state index in [0.717, 1.165) is 16.7 Å². The highest BCUT2D eigenvalue weighted by Crippen LogP contribution is 2.19. The number of benzene rings is 1. The van der Waals surface area contributed by atoms with Crippen molar-refractivity contribution in [2.75, 3.05) is 6.61 Å². The molecule has 0 radical (unpaired) electrons. The fraction of sp³-hybridized carbons (Fsp3) is 0.300. The molecule has 3 heteroatoms. The third-order valence-corrected chi connectivity index (χ3v) is 3.45. The van der Waals surface area contributed by atoms with Crippen LogP contribution in [0.25, 0.3) is 0 Å². The topological polar surface area (TPSA) is 39.2 Å². The molecule has 1 atom stereocenters. The molecule has 0 aliphatic heterocycles. The van der Waals surface area contributed by atoms with Crippen LogP contribution in [0.1, 0.15) is 49.8 Å². The first-order chi connectivity index (χ1) is 11.1. The maximum Gasteiger partial charge on any atom is 0.213 e. The smallest absolute Gasteiger partial charge is 0.213 e. The summed E-state index contributed by atoms with van der Waals surface area (Å²) in [6, 6.07) is 11.8. The molecule has 2 rings (SSSR count). The molecule has 0 aliphatic rings. The van der Waals surface area contributed by atoms with Gasteiger partial charge in [-0.25, -0.2) is 4.98 Å². The van der Waals surface area contributed by atoms with Gasteiger partial charge in [0.25, 0.3) is 0 Å². The lowest BCUT2D eigenvalue weighted by Gasteiger charge is -2.09. The van der Waals surface area contributed by atoms with Gasteiger partial charge in [-0.2, -0.15) is 0 Å². The minimum atomic E-state index is 0.212. The molecule has 0 N–H and O–H groups in total. The second kappa shape index (κ2) is 8.14. The highest BCUT2D eigenvalue weighted by Gasteiger charge is 2.07. The number of rotatable bonds is 5. The van der Waals surface area contributed by atoms with Gasteiger partial charge in [0.2, 0.25) is 5.88 Å². The van der Waals surface area contributed by atoms with Crippen molar-refractivity contribution in [3.8, 4) is 17.7 Å². The average Bonchev–Trinajstić information content (AvgIpc) is 2.54. The minimum Gasteiger partial charge on any atom is -0.478 e. The summed E-state index contributed by atoms with van der Waals surface area (Å²) in [7, 11) is 0. The van der Waals surface area contributed by atoms with E-state index in [2.05, 4.69) is 23.7 Å². The van der Waals surface area contributed by atoms with Crippen molar-refractivity contribution in [3.63, 3.8) is 0 Å². The van der Waals surface area contributed by atoms with Gasteiger partial charge in [0.15, 0.2) is 0 Å². The molecular weight excluding hydrogens is 286 g/mol. The number of carbonyl (C=O) groups excluding carboxylic acids is 1. The van der Waals surface area contributed by atoms with Crippen LogP contribution in [0.15, 0.2) is 42.6 Å². The fourth-order valence-corrected chi connectivity index (χ4v) is 2.28. The van der Waals surface area contributed by atoms with E-state index in [9.17, 15) is 4.79 Å². The van der Waals surface area contributed by atoms with E-state index in [1.54, 1.807) is 13.1 Å². The Morgan fingerprint density at radius 3 is 2.35 bits per heavy atom. The Morgan fingerprint density at radius 1 is 1.13 bits per heavy atom. The maximum atomic E-state index is 11.2. The van der Waals surface area contributed by atoms with Crippen molar-refractivity contribution in [3.05, 3.63) is 59.3 Å². The number of carbonyl (C=O) groups is 1. The van der Waals surface area contributed by atoms with Crippen molar-refractivity contribution in [2.24, 2.45) is 0 Å².